The second kappa shape index (κ2) is 5.81. The Morgan fingerprint density at radius 2 is 2.05 bits per heavy atom. The van der Waals surface area contributed by atoms with Gasteiger partial charge in [0.2, 0.25) is 0 Å². The van der Waals surface area contributed by atoms with Gasteiger partial charge in [-0.15, -0.1) is 11.3 Å². The summed E-state index contributed by atoms with van der Waals surface area (Å²) >= 11 is 1.30. The first-order chi connectivity index (χ1) is 10.5. The van der Waals surface area contributed by atoms with Crippen LogP contribution in [0, 0.1) is 6.92 Å². The third kappa shape index (κ3) is 2.66. The normalized spacial score (nSPS) is 17.0. The Kier molecular flexibility index (Phi) is 4.01. The van der Waals surface area contributed by atoms with Crippen molar-refractivity contribution in [2.75, 3.05) is 20.1 Å². The van der Waals surface area contributed by atoms with Gasteiger partial charge in [-0.05, 0) is 45.5 Å². The smallest absolute Gasteiger partial charge is 0.262 e. The van der Waals surface area contributed by atoms with Crippen molar-refractivity contribution in [2.24, 2.45) is 7.05 Å². The molecule has 2 aromatic rings. The van der Waals surface area contributed by atoms with E-state index in [-0.39, 0.29) is 17.5 Å². The van der Waals surface area contributed by atoms with Gasteiger partial charge in [0.1, 0.15) is 4.83 Å². The van der Waals surface area contributed by atoms with Gasteiger partial charge < -0.3 is 14.8 Å². The molecule has 0 bridgehead atoms. The molecule has 0 radical (unpaired) electrons. The number of nitrogens with zero attached hydrogens (tertiary/aromatic N) is 3. The van der Waals surface area contributed by atoms with E-state index in [2.05, 4.69) is 22.2 Å². The van der Waals surface area contributed by atoms with Crippen LogP contribution in [0.5, 0.6) is 0 Å². The number of piperidine rings is 1. The molecule has 0 atom stereocenters. The first-order valence-corrected chi connectivity index (χ1v) is 8.23. The third-order valence-electron chi connectivity index (χ3n) is 4.27. The first-order valence-electron chi connectivity index (χ1n) is 7.41. The Balaban J connectivity index is 1.87. The maximum Gasteiger partial charge on any atom is 0.262 e. The van der Waals surface area contributed by atoms with E-state index in [1.807, 2.05) is 6.92 Å². The van der Waals surface area contributed by atoms with Gasteiger partial charge in [0.05, 0.1) is 16.6 Å². The van der Waals surface area contributed by atoms with Crippen LogP contribution >= 0.6 is 11.3 Å². The average molecular weight is 320 g/mol. The van der Waals surface area contributed by atoms with Crippen LogP contribution < -0.4 is 10.9 Å². The third-order valence-corrected chi connectivity index (χ3v) is 5.47. The molecule has 0 unspecified atom stereocenters. The number of amides is 1. The number of carbonyl (C=O) groups excluding carboxylic acids is 1. The Morgan fingerprint density at radius 1 is 1.36 bits per heavy atom. The topological polar surface area (TPSA) is 67.2 Å². The molecule has 0 aliphatic carbocycles. The van der Waals surface area contributed by atoms with Gasteiger partial charge in [-0.3, -0.25) is 9.59 Å². The van der Waals surface area contributed by atoms with Gasteiger partial charge in [0.25, 0.3) is 11.5 Å². The molecule has 1 aliphatic rings. The summed E-state index contributed by atoms with van der Waals surface area (Å²) in [6.45, 7) is 3.82. The monoisotopic (exact) mass is 320 g/mol. The molecule has 1 fully saturated rings. The fourth-order valence-corrected chi connectivity index (χ4v) is 3.87. The van der Waals surface area contributed by atoms with Crippen LogP contribution in [0.4, 0.5) is 0 Å². The molecule has 7 heteroatoms. The van der Waals surface area contributed by atoms with Crippen molar-refractivity contribution in [3.8, 4) is 0 Å². The predicted molar refractivity (Wildman–Crippen MR) is 87.6 cm³/mol. The Morgan fingerprint density at radius 3 is 2.73 bits per heavy atom. The molecule has 3 rings (SSSR count). The molecule has 1 saturated heterocycles. The summed E-state index contributed by atoms with van der Waals surface area (Å²) in [4.78, 5) is 32.5. The SMILES string of the molecule is Cc1c(C(=O)NC2CCN(C)CC2)sc2ncn(C)c(=O)c12. The summed E-state index contributed by atoms with van der Waals surface area (Å²) in [6.07, 6.45) is 3.43. The fraction of sp³-hybridized carbons (Fsp3) is 0.533. The fourth-order valence-electron chi connectivity index (χ4n) is 2.83. The summed E-state index contributed by atoms with van der Waals surface area (Å²) in [5.41, 5.74) is 0.635. The van der Waals surface area contributed by atoms with Crippen LogP contribution in [0.2, 0.25) is 0 Å². The molecule has 0 aromatic carbocycles. The van der Waals surface area contributed by atoms with Crippen molar-refractivity contribution in [1.29, 1.82) is 0 Å². The lowest BCUT2D eigenvalue weighted by atomic mass is 10.1. The second-order valence-corrected chi connectivity index (χ2v) is 6.95. The number of hydrogen-bond donors (Lipinski definition) is 1. The molecule has 1 amide bonds. The summed E-state index contributed by atoms with van der Waals surface area (Å²) in [5, 5.41) is 3.66. The van der Waals surface area contributed by atoms with Crippen molar-refractivity contribution < 1.29 is 4.79 Å². The lowest BCUT2D eigenvalue weighted by molar-refractivity contribution is 0.0920. The van der Waals surface area contributed by atoms with Gasteiger partial charge in [-0.25, -0.2) is 4.98 Å². The van der Waals surface area contributed by atoms with Crippen molar-refractivity contribution in [3.63, 3.8) is 0 Å². The highest BCUT2D eigenvalue weighted by Crippen LogP contribution is 2.27. The van der Waals surface area contributed by atoms with Crippen LogP contribution in [-0.2, 0) is 7.05 Å². The van der Waals surface area contributed by atoms with Crippen LogP contribution in [-0.4, -0.2) is 46.5 Å². The van der Waals surface area contributed by atoms with Crippen LogP contribution in [0.15, 0.2) is 11.1 Å². The predicted octanol–water partition coefficient (Wildman–Crippen LogP) is 1.13. The van der Waals surface area contributed by atoms with E-state index < -0.39 is 0 Å². The molecule has 1 aliphatic heterocycles. The minimum atomic E-state index is -0.0999. The summed E-state index contributed by atoms with van der Waals surface area (Å²) in [6, 6.07) is 0.212. The minimum absolute atomic E-state index is 0.0860. The quantitative estimate of drug-likeness (QED) is 0.901. The Labute approximate surface area is 132 Å². The number of aromatic nitrogens is 2. The number of likely N-dealkylation sites (tertiary alicyclic amines) is 1. The van der Waals surface area contributed by atoms with Crippen molar-refractivity contribution in [3.05, 3.63) is 27.1 Å². The van der Waals surface area contributed by atoms with Crippen molar-refractivity contribution in [1.82, 2.24) is 19.8 Å². The lowest BCUT2D eigenvalue weighted by Gasteiger charge is -2.29. The number of rotatable bonds is 2. The molecule has 0 spiro atoms. The van der Waals surface area contributed by atoms with E-state index in [0.717, 1.165) is 31.5 Å². The molecule has 118 valence electrons. The standard InChI is InChI=1S/C15H20N4O2S/c1-9-11-14(16-8-19(3)15(11)21)22-12(9)13(20)17-10-4-6-18(2)7-5-10/h8,10H,4-7H2,1-3H3,(H,17,20). The summed E-state index contributed by atoms with van der Waals surface area (Å²) < 4.78 is 1.45. The molecule has 22 heavy (non-hydrogen) atoms. The lowest BCUT2D eigenvalue weighted by Crippen LogP contribution is -2.43. The van der Waals surface area contributed by atoms with Gasteiger partial charge in [0.15, 0.2) is 0 Å². The second-order valence-electron chi connectivity index (χ2n) is 5.95. The molecule has 3 heterocycles. The van der Waals surface area contributed by atoms with Crippen molar-refractivity contribution in [2.45, 2.75) is 25.8 Å². The number of fused-ring (bicyclic) bond motifs is 1. The highest BCUT2D eigenvalue weighted by atomic mass is 32.1. The molecular formula is C15H20N4O2S. The van der Waals surface area contributed by atoms with Crippen LogP contribution in [0.1, 0.15) is 28.1 Å². The van der Waals surface area contributed by atoms with Gasteiger partial charge >= 0.3 is 0 Å². The number of aryl methyl sites for hydroxylation is 2. The summed E-state index contributed by atoms with van der Waals surface area (Å²) in [5.74, 6) is -0.0860. The molecular weight excluding hydrogens is 300 g/mol. The average Bonchev–Trinajstić information content (AvgIpc) is 2.83. The number of nitrogens with one attached hydrogen (secondary N) is 1. The minimum Gasteiger partial charge on any atom is -0.349 e. The number of carbonyl (C=O) groups is 1. The zero-order chi connectivity index (χ0) is 15.9. The van der Waals surface area contributed by atoms with Crippen LogP contribution in [0.25, 0.3) is 10.2 Å². The molecule has 6 nitrogen and oxygen atoms in total. The summed E-state index contributed by atoms with van der Waals surface area (Å²) in [7, 11) is 3.76. The van der Waals surface area contributed by atoms with Crippen molar-refractivity contribution >= 4 is 27.5 Å². The molecule has 2 aromatic heterocycles. The van der Waals surface area contributed by atoms with E-state index in [0.29, 0.717) is 15.1 Å². The maximum absolute atomic E-state index is 12.5. The first kappa shape index (κ1) is 15.2. The zero-order valence-corrected chi connectivity index (χ0v) is 13.9. The highest BCUT2D eigenvalue weighted by Gasteiger charge is 2.23. The highest BCUT2D eigenvalue weighted by molar-refractivity contribution is 7.20. The number of hydrogen-bond acceptors (Lipinski definition) is 5. The van der Waals surface area contributed by atoms with Gasteiger partial charge in [-0.1, -0.05) is 0 Å². The van der Waals surface area contributed by atoms with Gasteiger partial charge in [0, 0.05) is 13.1 Å². The van der Waals surface area contributed by atoms with E-state index in [9.17, 15) is 9.59 Å². The Bertz CT molecular complexity index is 772. The Hall–Kier alpha value is -1.73. The van der Waals surface area contributed by atoms with E-state index in [1.165, 1.54) is 22.2 Å². The van der Waals surface area contributed by atoms with E-state index >= 15 is 0 Å². The maximum atomic E-state index is 12.5. The molecule has 1 N–H and O–H groups in total. The van der Waals surface area contributed by atoms with E-state index in [1.54, 1.807) is 7.05 Å². The number of thiophene rings is 1. The van der Waals surface area contributed by atoms with E-state index in [4.69, 9.17) is 0 Å². The largest absolute Gasteiger partial charge is 0.349 e. The zero-order valence-electron chi connectivity index (χ0n) is 13.0. The van der Waals surface area contributed by atoms with Gasteiger partial charge in [-0.2, -0.15) is 0 Å². The molecule has 0 saturated carbocycles. The van der Waals surface area contributed by atoms with Crippen LogP contribution in [0.3, 0.4) is 0 Å².